The number of carbonyl (C=O) groups is 10. The Morgan fingerprint density at radius 2 is 0.816 bits per heavy atom. The topological polar surface area (TPSA) is 456 Å². The summed E-state index contributed by atoms with van der Waals surface area (Å²) in [6, 6.07) is -11.4. The van der Waals surface area contributed by atoms with Crippen LogP contribution in [0.4, 0.5) is 0 Å². The van der Waals surface area contributed by atoms with Gasteiger partial charge in [-0.25, -0.2) is 4.79 Å². The van der Waals surface area contributed by atoms with Gasteiger partial charge in [-0.2, -0.15) is 0 Å². The van der Waals surface area contributed by atoms with Crippen LogP contribution < -0.4 is 76.9 Å². The maximum absolute atomic E-state index is 14.4. The molecule has 26 nitrogen and oxygen atoms in total. The number of unbranched alkanes of at least 4 members (excludes halogenated alkanes) is 2. The molecule has 0 aliphatic rings. The number of primary amides is 1. The Labute approximate surface area is 448 Å². The van der Waals surface area contributed by atoms with Crippen LogP contribution in [0.1, 0.15) is 146 Å². The molecule has 0 aliphatic carbocycles. The summed E-state index contributed by atoms with van der Waals surface area (Å²) in [6.07, 6.45) is 2.39. The second kappa shape index (κ2) is 36.8. The first-order valence-electron chi connectivity index (χ1n) is 26.7. The van der Waals surface area contributed by atoms with Crippen LogP contribution >= 0.6 is 0 Å². The molecule has 0 heterocycles. The maximum atomic E-state index is 14.4. The van der Waals surface area contributed by atoms with Crippen molar-refractivity contribution in [1.29, 1.82) is 0 Å². The molecule has 0 spiro atoms. The molecule has 436 valence electrons. The van der Waals surface area contributed by atoms with Gasteiger partial charge in [-0.3, -0.25) is 48.1 Å². The van der Waals surface area contributed by atoms with Crippen molar-refractivity contribution in [2.75, 3.05) is 19.6 Å². The number of carboxylic acid groups (broad SMARTS) is 1. The number of nitrogens with zero attached hydrogens (tertiary/aromatic N) is 1. The minimum absolute atomic E-state index is 0.0335. The van der Waals surface area contributed by atoms with Crippen LogP contribution in [0.2, 0.25) is 0 Å². The number of amides is 9. The standard InChI is InChI=1S/C50H95N15O11/c1-11-29(9)39(65-46(72)37(27(5)6)62-44(70)33(19-14-16-22-52)58-41(67)31(53)24-26(3)4)47(73)60-34(20-17-23-57-50(55)56)42(68)59-32(18-13-15-21-51)43(69)61-35(25-36(54)66)45(71)64-40(30(10)12-2)48(74)63-38(28(7)8)49(75)76/h26-35,37-40H,11-25,51-53H2,1-10H3,(H2,54,66)(H,58,67)(H,59,68)(H,60,73)(H,61,69)(H,62,70)(H,63,74)(H,64,71)(H,65,72)(H,75,76)(H4,55,56,57)/t29-,30-,31-,32-,33-,34-,35-,37-,38-,39-,40-/m0/s1. The SMILES string of the molecule is CC[C@H](C)[C@H](NC(=O)[C@H](CC(N)=O)NC(=O)[C@H](CCCCN)NC(=O)[C@H](CCCN=C(N)N)NC(=O)[C@@H](NC(=O)[C@@H](NC(=O)[C@H](CCCCN)NC(=O)[C@@H](N)CC(C)C)C(C)C)[C@@H](C)CC)C(=O)N[C@H](C(=O)O)C(C)C. The number of rotatable bonds is 39. The van der Waals surface area contributed by atoms with Gasteiger partial charge in [0.2, 0.25) is 53.2 Å². The van der Waals surface area contributed by atoms with Gasteiger partial charge in [0.1, 0.15) is 48.3 Å². The van der Waals surface area contributed by atoms with Gasteiger partial charge in [0, 0.05) is 6.54 Å². The summed E-state index contributed by atoms with van der Waals surface area (Å²) in [5, 5.41) is 30.8. The van der Waals surface area contributed by atoms with E-state index in [1.165, 1.54) is 0 Å². The summed E-state index contributed by atoms with van der Waals surface area (Å²) in [4.78, 5) is 139. The van der Waals surface area contributed by atoms with Gasteiger partial charge in [0.25, 0.3) is 0 Å². The van der Waals surface area contributed by atoms with E-state index in [1.54, 1.807) is 55.4 Å². The van der Waals surface area contributed by atoms with E-state index in [1.807, 2.05) is 13.8 Å². The Balaban J connectivity index is 6.93. The van der Waals surface area contributed by atoms with E-state index in [4.69, 9.17) is 34.4 Å². The number of nitrogens with one attached hydrogen (secondary N) is 8. The lowest BCUT2D eigenvalue weighted by molar-refractivity contribution is -0.144. The smallest absolute Gasteiger partial charge is 0.326 e. The Kier molecular flexibility index (Phi) is 33.8. The molecule has 0 saturated heterocycles. The number of nitrogens with two attached hydrogens (primary N) is 6. The zero-order valence-electron chi connectivity index (χ0n) is 46.6. The zero-order valence-corrected chi connectivity index (χ0v) is 46.6. The molecule has 0 aromatic rings. The number of guanidine groups is 1. The lowest BCUT2D eigenvalue weighted by Crippen LogP contribution is -2.62. The number of hydrogen-bond donors (Lipinski definition) is 15. The highest BCUT2D eigenvalue weighted by Crippen LogP contribution is 2.15. The van der Waals surface area contributed by atoms with Gasteiger partial charge >= 0.3 is 5.97 Å². The highest BCUT2D eigenvalue weighted by Gasteiger charge is 2.38. The Morgan fingerprint density at radius 1 is 0.461 bits per heavy atom. The van der Waals surface area contributed by atoms with E-state index >= 15 is 0 Å². The second-order valence-corrected chi connectivity index (χ2v) is 20.7. The van der Waals surface area contributed by atoms with Crippen molar-refractivity contribution < 1.29 is 53.1 Å². The van der Waals surface area contributed by atoms with Gasteiger partial charge in [-0.15, -0.1) is 0 Å². The monoisotopic (exact) mass is 1080 g/mol. The van der Waals surface area contributed by atoms with Crippen molar-refractivity contribution in [3.8, 4) is 0 Å². The van der Waals surface area contributed by atoms with Crippen molar-refractivity contribution >= 4 is 65.1 Å². The van der Waals surface area contributed by atoms with Crippen molar-refractivity contribution in [2.24, 2.45) is 69.0 Å². The summed E-state index contributed by atoms with van der Waals surface area (Å²) >= 11 is 0. The molecule has 11 atom stereocenters. The van der Waals surface area contributed by atoms with Crippen LogP contribution in [0.15, 0.2) is 4.99 Å². The molecule has 9 amide bonds. The van der Waals surface area contributed by atoms with Crippen LogP contribution in [0.25, 0.3) is 0 Å². The maximum Gasteiger partial charge on any atom is 0.326 e. The molecule has 0 rings (SSSR count). The predicted molar refractivity (Wildman–Crippen MR) is 289 cm³/mol. The van der Waals surface area contributed by atoms with Gasteiger partial charge in [-0.05, 0) is 100 Å². The quantitative estimate of drug-likeness (QED) is 0.0178. The van der Waals surface area contributed by atoms with Crippen LogP contribution in [-0.4, -0.2) is 144 Å². The number of carboxylic acids is 1. The number of hydrogen-bond acceptors (Lipinski definition) is 14. The van der Waals surface area contributed by atoms with E-state index in [2.05, 4.69) is 47.5 Å². The van der Waals surface area contributed by atoms with Crippen LogP contribution in [-0.2, 0) is 47.9 Å². The third kappa shape index (κ3) is 26.6. The molecule has 0 bridgehead atoms. The first-order valence-corrected chi connectivity index (χ1v) is 26.7. The molecule has 0 aliphatic heterocycles. The summed E-state index contributed by atoms with van der Waals surface area (Å²) in [5.74, 6) is -10.8. The molecular formula is C50H95N15O11. The van der Waals surface area contributed by atoms with Crippen molar-refractivity contribution in [1.82, 2.24) is 42.5 Å². The molecule has 0 aromatic carbocycles. The average Bonchev–Trinajstić information content (AvgIpc) is 3.33. The Bertz CT molecular complexity index is 1920. The molecule has 76 heavy (non-hydrogen) atoms. The molecule has 0 fully saturated rings. The average molecular weight is 1080 g/mol. The van der Waals surface area contributed by atoms with Crippen molar-refractivity contribution in [2.45, 2.75) is 201 Å². The van der Waals surface area contributed by atoms with Crippen LogP contribution in [0.3, 0.4) is 0 Å². The summed E-state index contributed by atoms with van der Waals surface area (Å²) in [5.41, 5.74) is 34.2. The molecule has 0 unspecified atom stereocenters. The van der Waals surface area contributed by atoms with E-state index in [0.29, 0.717) is 51.5 Å². The Morgan fingerprint density at radius 3 is 1.22 bits per heavy atom. The van der Waals surface area contributed by atoms with E-state index < -0.39 is 144 Å². The predicted octanol–water partition coefficient (Wildman–Crippen LogP) is -2.09. The normalized spacial score (nSPS) is 15.7. The van der Waals surface area contributed by atoms with Gasteiger partial charge in [0.15, 0.2) is 5.96 Å². The third-order valence-electron chi connectivity index (χ3n) is 12.9. The zero-order chi connectivity index (χ0) is 58.4. The van der Waals surface area contributed by atoms with Gasteiger partial charge in [0.05, 0.1) is 12.5 Å². The van der Waals surface area contributed by atoms with Gasteiger partial charge < -0.3 is 82.0 Å². The molecular weight excluding hydrogens is 987 g/mol. The van der Waals surface area contributed by atoms with Gasteiger partial charge in [-0.1, -0.05) is 82.1 Å². The minimum Gasteiger partial charge on any atom is -0.480 e. The minimum atomic E-state index is -1.66. The van der Waals surface area contributed by atoms with E-state index in [0.717, 1.165) is 0 Å². The fraction of sp³-hybridized carbons (Fsp3) is 0.780. The summed E-state index contributed by atoms with van der Waals surface area (Å²) < 4.78 is 0. The van der Waals surface area contributed by atoms with E-state index in [-0.39, 0.29) is 50.7 Å². The molecule has 0 aromatic heterocycles. The lowest BCUT2D eigenvalue weighted by atomic mass is 9.95. The first kappa shape index (κ1) is 69.8. The van der Waals surface area contributed by atoms with E-state index in [9.17, 15) is 53.1 Å². The summed E-state index contributed by atoms with van der Waals surface area (Å²) in [7, 11) is 0. The second-order valence-electron chi connectivity index (χ2n) is 20.7. The molecule has 0 radical (unpaired) electrons. The highest BCUT2D eigenvalue weighted by atomic mass is 16.4. The highest BCUT2D eigenvalue weighted by molar-refractivity contribution is 5.99. The molecule has 21 N–H and O–H groups in total. The summed E-state index contributed by atoms with van der Waals surface area (Å²) in [6.45, 7) is 17.9. The van der Waals surface area contributed by atoms with Crippen molar-refractivity contribution in [3.05, 3.63) is 0 Å². The largest absolute Gasteiger partial charge is 0.480 e. The van der Waals surface area contributed by atoms with Crippen LogP contribution in [0.5, 0.6) is 0 Å². The lowest BCUT2D eigenvalue weighted by Gasteiger charge is -2.31. The first-order chi connectivity index (χ1) is 35.6. The molecule has 26 heteroatoms. The third-order valence-corrected chi connectivity index (χ3v) is 12.9. The fourth-order valence-corrected chi connectivity index (χ4v) is 7.85. The fourth-order valence-electron chi connectivity index (χ4n) is 7.85. The Hall–Kier alpha value is -6.15. The number of aliphatic carboxylic acids is 1. The number of aliphatic imine (C=N–C) groups is 1. The van der Waals surface area contributed by atoms with Crippen molar-refractivity contribution in [3.63, 3.8) is 0 Å². The number of carbonyl (C=O) groups excluding carboxylic acids is 9. The van der Waals surface area contributed by atoms with Crippen LogP contribution in [0, 0.1) is 29.6 Å². The molecule has 0 saturated carbocycles.